The van der Waals surface area contributed by atoms with E-state index in [4.69, 9.17) is 10.2 Å². The first-order valence-corrected chi connectivity index (χ1v) is 2.06. The minimum atomic E-state index is -0.352. The largest absolute Gasteiger partial charge is 0.396 e. The summed E-state index contributed by atoms with van der Waals surface area (Å²) in [6, 6.07) is 0. The van der Waals surface area contributed by atoms with Gasteiger partial charge in [-0.3, -0.25) is 0 Å². The summed E-state index contributed by atoms with van der Waals surface area (Å²) in [5.41, 5.74) is 0. The van der Waals surface area contributed by atoms with Crippen molar-refractivity contribution in [3.8, 4) is 0 Å². The van der Waals surface area contributed by atoms with E-state index in [2.05, 4.69) is 0 Å². The van der Waals surface area contributed by atoms with Gasteiger partial charge in [0.15, 0.2) is 0 Å². The third-order valence-electron chi connectivity index (χ3n) is 0.547. The van der Waals surface area contributed by atoms with Crippen LogP contribution in [-0.4, -0.2) is 22.9 Å². The Kier molecular flexibility index (Phi) is 10.0. The van der Waals surface area contributed by atoms with E-state index in [0.717, 1.165) is 0 Å². The molecule has 0 amide bonds. The summed E-state index contributed by atoms with van der Waals surface area (Å²) >= 11 is 0. The predicted octanol–water partition coefficient (Wildman–Crippen LogP) is -0.253. The summed E-state index contributed by atoms with van der Waals surface area (Å²) in [6.45, 7) is 1.73. The standard InChI is InChI=1S/C4H10O2.Ti/c1-4(6)2-3-5;/h4-6H,2-3H2,1H3;. The van der Waals surface area contributed by atoms with Crippen LogP contribution >= 0.6 is 0 Å². The van der Waals surface area contributed by atoms with Crippen LogP contribution in [0.5, 0.6) is 0 Å². The molecule has 0 aromatic rings. The fraction of sp³-hybridized carbons (Fsp3) is 1.00. The van der Waals surface area contributed by atoms with Crippen LogP contribution < -0.4 is 0 Å². The van der Waals surface area contributed by atoms with Gasteiger partial charge in [0.2, 0.25) is 0 Å². The second kappa shape index (κ2) is 6.63. The smallest absolute Gasteiger partial charge is 0.0533 e. The van der Waals surface area contributed by atoms with Gasteiger partial charge in [0, 0.05) is 28.3 Å². The van der Waals surface area contributed by atoms with E-state index in [1.807, 2.05) is 0 Å². The van der Waals surface area contributed by atoms with Crippen molar-refractivity contribution in [2.45, 2.75) is 19.4 Å². The van der Waals surface area contributed by atoms with Crippen LogP contribution in [0.2, 0.25) is 0 Å². The fourth-order valence-corrected chi connectivity index (χ4v) is 0.187. The maximum absolute atomic E-state index is 8.39. The van der Waals surface area contributed by atoms with E-state index >= 15 is 0 Å². The van der Waals surface area contributed by atoms with E-state index in [9.17, 15) is 0 Å². The van der Waals surface area contributed by atoms with E-state index in [1.165, 1.54) is 0 Å². The van der Waals surface area contributed by atoms with Gasteiger partial charge < -0.3 is 10.2 Å². The Hall–Kier alpha value is 0.634. The predicted molar refractivity (Wildman–Crippen MR) is 23.4 cm³/mol. The molecular weight excluding hydrogens is 128 g/mol. The number of rotatable bonds is 2. The summed E-state index contributed by atoms with van der Waals surface area (Å²) in [5.74, 6) is 0. The molecule has 0 fully saturated rings. The number of aliphatic hydroxyl groups excluding tert-OH is 2. The minimum Gasteiger partial charge on any atom is -0.396 e. The van der Waals surface area contributed by atoms with Crippen molar-refractivity contribution in [3.05, 3.63) is 0 Å². The summed E-state index contributed by atoms with van der Waals surface area (Å²) < 4.78 is 0. The molecule has 0 rings (SSSR count). The summed E-state index contributed by atoms with van der Waals surface area (Å²) in [7, 11) is 0. The molecule has 2 N–H and O–H groups in total. The van der Waals surface area contributed by atoms with Crippen LogP contribution in [0.4, 0.5) is 0 Å². The molecule has 2 nitrogen and oxygen atoms in total. The molecule has 0 heterocycles. The molecule has 0 aliphatic carbocycles. The van der Waals surface area contributed by atoms with Crippen molar-refractivity contribution in [1.82, 2.24) is 0 Å². The quantitative estimate of drug-likeness (QED) is 0.516. The van der Waals surface area contributed by atoms with Crippen molar-refractivity contribution in [2.75, 3.05) is 6.61 Å². The summed E-state index contributed by atoms with van der Waals surface area (Å²) in [6.07, 6.45) is 0.134. The van der Waals surface area contributed by atoms with Crippen molar-refractivity contribution in [1.29, 1.82) is 0 Å². The van der Waals surface area contributed by atoms with E-state index in [-0.39, 0.29) is 34.4 Å². The second-order valence-electron chi connectivity index (χ2n) is 1.36. The van der Waals surface area contributed by atoms with Crippen molar-refractivity contribution in [2.24, 2.45) is 0 Å². The first-order valence-electron chi connectivity index (χ1n) is 2.06. The van der Waals surface area contributed by atoms with Gasteiger partial charge in [-0.15, -0.1) is 0 Å². The summed E-state index contributed by atoms with van der Waals surface area (Å²) in [4.78, 5) is 0. The SMILES string of the molecule is CC(O)CCO.[Ti]. The molecule has 3 heteroatoms. The van der Waals surface area contributed by atoms with Crippen LogP contribution in [0.15, 0.2) is 0 Å². The van der Waals surface area contributed by atoms with Crippen LogP contribution in [0.25, 0.3) is 0 Å². The Balaban J connectivity index is 0. The van der Waals surface area contributed by atoms with Gasteiger partial charge in [-0.05, 0) is 13.3 Å². The zero-order valence-corrected chi connectivity index (χ0v) is 5.95. The Bertz CT molecular complexity index is 30.9. The van der Waals surface area contributed by atoms with Crippen LogP contribution in [0, 0.1) is 0 Å². The average Bonchev–Trinajstić information content (AvgIpc) is 1.35. The molecule has 42 valence electrons. The van der Waals surface area contributed by atoms with Gasteiger partial charge in [0.1, 0.15) is 0 Å². The van der Waals surface area contributed by atoms with E-state index in [1.54, 1.807) is 6.92 Å². The Morgan fingerprint density at radius 3 is 2.00 bits per heavy atom. The molecule has 0 radical (unpaired) electrons. The molecule has 0 aromatic heterocycles. The van der Waals surface area contributed by atoms with Gasteiger partial charge in [0.25, 0.3) is 0 Å². The van der Waals surface area contributed by atoms with Crippen molar-refractivity contribution < 1.29 is 31.9 Å². The fourth-order valence-electron chi connectivity index (χ4n) is 0.187. The second-order valence-corrected chi connectivity index (χ2v) is 1.36. The molecule has 0 bridgehead atoms. The Morgan fingerprint density at radius 1 is 1.57 bits per heavy atom. The molecule has 0 saturated carbocycles. The molecular formula is C4H10O2Ti. The van der Waals surface area contributed by atoms with Crippen molar-refractivity contribution in [3.63, 3.8) is 0 Å². The summed E-state index contributed by atoms with van der Waals surface area (Å²) in [5, 5.41) is 16.5. The van der Waals surface area contributed by atoms with Crippen LogP contribution in [0.1, 0.15) is 13.3 Å². The van der Waals surface area contributed by atoms with E-state index in [0.29, 0.717) is 6.42 Å². The molecule has 7 heavy (non-hydrogen) atoms. The van der Waals surface area contributed by atoms with Gasteiger partial charge in [-0.25, -0.2) is 0 Å². The Labute approximate surface area is 58.4 Å². The first-order chi connectivity index (χ1) is 2.77. The monoisotopic (exact) mass is 138 g/mol. The average molecular weight is 138 g/mol. The molecule has 0 saturated heterocycles. The third kappa shape index (κ3) is 10.8. The molecule has 1 unspecified atom stereocenters. The molecule has 0 spiro atoms. The maximum Gasteiger partial charge on any atom is 0.0533 e. The molecule has 1 atom stereocenters. The maximum atomic E-state index is 8.39. The van der Waals surface area contributed by atoms with Crippen LogP contribution in [-0.2, 0) is 21.7 Å². The molecule has 0 aliphatic heterocycles. The molecule has 0 aromatic carbocycles. The van der Waals surface area contributed by atoms with Gasteiger partial charge >= 0.3 is 0 Å². The van der Waals surface area contributed by atoms with Gasteiger partial charge in [-0.2, -0.15) is 0 Å². The zero-order valence-electron chi connectivity index (χ0n) is 4.39. The zero-order chi connectivity index (χ0) is 4.99. The van der Waals surface area contributed by atoms with Gasteiger partial charge in [0.05, 0.1) is 6.10 Å². The number of hydrogen-bond donors (Lipinski definition) is 2. The normalized spacial score (nSPS) is 12.4. The topological polar surface area (TPSA) is 40.5 Å². The number of aliphatic hydroxyl groups is 2. The minimum absolute atomic E-state index is 0. The van der Waals surface area contributed by atoms with Gasteiger partial charge in [-0.1, -0.05) is 0 Å². The number of hydrogen-bond acceptors (Lipinski definition) is 2. The first kappa shape index (κ1) is 10.6. The third-order valence-corrected chi connectivity index (χ3v) is 0.547. The van der Waals surface area contributed by atoms with E-state index < -0.39 is 0 Å². The Morgan fingerprint density at radius 2 is 2.00 bits per heavy atom. The van der Waals surface area contributed by atoms with Crippen LogP contribution in [0.3, 0.4) is 0 Å². The molecule has 0 aliphatic rings. The van der Waals surface area contributed by atoms with Crippen molar-refractivity contribution >= 4 is 0 Å².